The Hall–Kier alpha value is -2.63. The molecule has 0 fully saturated rings. The number of unbranched alkanes of at least 4 members (excludes halogenated alkanes) is 2. The third-order valence-corrected chi connectivity index (χ3v) is 4.52. The van der Waals surface area contributed by atoms with Crippen molar-refractivity contribution < 1.29 is 26.7 Å². The molecule has 0 heterocycles. The minimum atomic E-state index is -5.17. The first kappa shape index (κ1) is 20.1. The van der Waals surface area contributed by atoms with E-state index in [2.05, 4.69) is 17.7 Å². The number of benzene rings is 3. The zero-order chi connectivity index (χ0) is 20.3. The lowest BCUT2D eigenvalue weighted by Gasteiger charge is -2.12. The summed E-state index contributed by atoms with van der Waals surface area (Å²) in [6.45, 7) is 2.15. The van der Waals surface area contributed by atoms with E-state index in [4.69, 9.17) is 0 Å². The first-order valence-corrected chi connectivity index (χ1v) is 9.04. The van der Waals surface area contributed by atoms with Gasteiger partial charge in [0.1, 0.15) is 0 Å². The van der Waals surface area contributed by atoms with Crippen molar-refractivity contribution in [3.8, 4) is 16.9 Å². The summed E-state index contributed by atoms with van der Waals surface area (Å²) in [5.41, 5.74) is 1.86. The molecule has 148 valence electrons. The number of aryl methyl sites for hydroxylation is 1. The molecule has 0 atom stereocenters. The summed E-state index contributed by atoms with van der Waals surface area (Å²) in [5, 5.41) is 1.88. The maximum absolute atomic E-state index is 14.0. The molecular formula is C22H19F5O. The van der Waals surface area contributed by atoms with Gasteiger partial charge in [0.2, 0.25) is 5.75 Å². The summed E-state index contributed by atoms with van der Waals surface area (Å²) < 4.78 is 68.2. The fourth-order valence-electron chi connectivity index (χ4n) is 3.15. The summed E-state index contributed by atoms with van der Waals surface area (Å²) in [6.07, 6.45) is -0.742. The molecule has 0 aliphatic carbocycles. The molecule has 0 spiro atoms. The molecule has 0 saturated heterocycles. The van der Waals surface area contributed by atoms with Crippen LogP contribution in [0.15, 0.2) is 48.5 Å². The van der Waals surface area contributed by atoms with Crippen LogP contribution in [0.2, 0.25) is 0 Å². The van der Waals surface area contributed by atoms with E-state index >= 15 is 0 Å². The first-order chi connectivity index (χ1) is 13.3. The predicted molar refractivity (Wildman–Crippen MR) is 99.2 cm³/mol. The predicted octanol–water partition coefficient (Wildman–Crippen LogP) is 7.42. The lowest BCUT2D eigenvalue weighted by molar-refractivity contribution is -0.276. The lowest BCUT2D eigenvalue weighted by Crippen LogP contribution is -2.19. The average Bonchev–Trinajstić information content (AvgIpc) is 2.63. The molecule has 3 aromatic carbocycles. The third-order valence-electron chi connectivity index (χ3n) is 4.52. The van der Waals surface area contributed by atoms with Gasteiger partial charge in [-0.15, -0.1) is 13.2 Å². The second kappa shape index (κ2) is 8.17. The molecule has 28 heavy (non-hydrogen) atoms. The van der Waals surface area contributed by atoms with Crippen LogP contribution in [-0.2, 0) is 6.42 Å². The monoisotopic (exact) mass is 394 g/mol. The summed E-state index contributed by atoms with van der Waals surface area (Å²) in [7, 11) is 0. The van der Waals surface area contributed by atoms with E-state index in [0.717, 1.165) is 42.2 Å². The van der Waals surface area contributed by atoms with Crippen LogP contribution in [0.1, 0.15) is 31.7 Å². The number of ether oxygens (including phenoxy) is 1. The van der Waals surface area contributed by atoms with Crippen molar-refractivity contribution in [2.24, 2.45) is 0 Å². The second-order valence-electron chi connectivity index (χ2n) is 6.67. The molecule has 0 amide bonds. The number of hydrogen-bond donors (Lipinski definition) is 0. The number of halogens is 5. The molecule has 0 unspecified atom stereocenters. The summed E-state index contributed by atoms with van der Waals surface area (Å²) in [4.78, 5) is 0. The zero-order valence-corrected chi connectivity index (χ0v) is 15.2. The van der Waals surface area contributed by atoms with Crippen LogP contribution in [-0.4, -0.2) is 6.36 Å². The van der Waals surface area contributed by atoms with E-state index in [0.29, 0.717) is 5.56 Å². The number of hydrogen-bond acceptors (Lipinski definition) is 1. The Morgan fingerprint density at radius 2 is 1.43 bits per heavy atom. The van der Waals surface area contributed by atoms with Crippen LogP contribution >= 0.6 is 0 Å². The number of fused-ring (bicyclic) bond motifs is 1. The smallest absolute Gasteiger partial charge is 0.399 e. The quantitative estimate of drug-likeness (QED) is 0.312. The Kier molecular flexibility index (Phi) is 5.87. The van der Waals surface area contributed by atoms with Crippen molar-refractivity contribution in [3.63, 3.8) is 0 Å². The van der Waals surface area contributed by atoms with Gasteiger partial charge in [0.25, 0.3) is 0 Å². The van der Waals surface area contributed by atoms with E-state index in [-0.39, 0.29) is 5.56 Å². The van der Waals surface area contributed by atoms with Crippen molar-refractivity contribution in [2.75, 3.05) is 0 Å². The second-order valence-corrected chi connectivity index (χ2v) is 6.67. The Balaban J connectivity index is 1.90. The Bertz CT molecular complexity index is 955. The minimum absolute atomic E-state index is 0.137. The normalized spacial score (nSPS) is 11.8. The number of rotatable bonds is 6. The molecule has 0 N–H and O–H groups in total. The maximum atomic E-state index is 14.0. The van der Waals surface area contributed by atoms with Crippen LogP contribution in [0.5, 0.6) is 5.75 Å². The molecule has 1 nitrogen and oxygen atoms in total. The van der Waals surface area contributed by atoms with Crippen LogP contribution in [0.3, 0.4) is 0 Å². The molecular weight excluding hydrogens is 375 g/mol. The first-order valence-electron chi connectivity index (χ1n) is 9.04. The van der Waals surface area contributed by atoms with Gasteiger partial charge < -0.3 is 4.74 Å². The SMILES string of the molecule is CCCCCc1ccc2cc(-c3cc(F)c(OC(F)(F)F)c(F)c3)ccc2c1. The molecule has 0 aliphatic heterocycles. The standard InChI is InChI=1S/C22H19F5O/c1-2-3-4-5-14-6-7-16-11-17(9-8-15(16)10-14)18-12-19(23)21(20(24)13-18)28-22(25,26)27/h6-13H,2-5H2,1H3. The van der Waals surface area contributed by atoms with Gasteiger partial charge in [0.15, 0.2) is 11.6 Å². The van der Waals surface area contributed by atoms with Gasteiger partial charge in [-0.3, -0.25) is 0 Å². The van der Waals surface area contributed by atoms with Crippen LogP contribution in [0.25, 0.3) is 21.9 Å². The molecule has 0 saturated carbocycles. The van der Waals surface area contributed by atoms with Gasteiger partial charge in [-0.1, -0.05) is 50.1 Å². The van der Waals surface area contributed by atoms with Crippen molar-refractivity contribution in [3.05, 3.63) is 65.7 Å². The highest BCUT2D eigenvalue weighted by molar-refractivity contribution is 5.88. The van der Waals surface area contributed by atoms with E-state index < -0.39 is 23.7 Å². The van der Waals surface area contributed by atoms with Gasteiger partial charge in [-0.2, -0.15) is 0 Å². The number of alkyl halides is 3. The molecule has 0 aromatic heterocycles. The van der Waals surface area contributed by atoms with E-state index in [1.807, 2.05) is 18.2 Å². The molecule has 3 aromatic rings. The highest BCUT2D eigenvalue weighted by Crippen LogP contribution is 2.33. The van der Waals surface area contributed by atoms with Crippen molar-refractivity contribution in [2.45, 2.75) is 39.0 Å². The molecule has 0 bridgehead atoms. The highest BCUT2D eigenvalue weighted by atomic mass is 19.4. The summed E-state index contributed by atoms with van der Waals surface area (Å²) in [6, 6.07) is 13.0. The van der Waals surface area contributed by atoms with Gasteiger partial charge >= 0.3 is 6.36 Å². The minimum Gasteiger partial charge on any atom is -0.399 e. The van der Waals surface area contributed by atoms with E-state index in [9.17, 15) is 22.0 Å². The zero-order valence-electron chi connectivity index (χ0n) is 15.2. The lowest BCUT2D eigenvalue weighted by atomic mass is 9.98. The summed E-state index contributed by atoms with van der Waals surface area (Å²) in [5.74, 6) is -4.26. The fraction of sp³-hybridized carbons (Fsp3) is 0.273. The Morgan fingerprint density at radius 3 is 2.07 bits per heavy atom. The largest absolute Gasteiger partial charge is 0.573 e. The average molecular weight is 394 g/mol. The highest BCUT2D eigenvalue weighted by Gasteiger charge is 2.34. The van der Waals surface area contributed by atoms with Gasteiger partial charge in [-0.25, -0.2) is 8.78 Å². The molecule has 6 heteroatoms. The van der Waals surface area contributed by atoms with Crippen molar-refractivity contribution in [1.82, 2.24) is 0 Å². The van der Waals surface area contributed by atoms with Crippen molar-refractivity contribution >= 4 is 10.8 Å². The van der Waals surface area contributed by atoms with Gasteiger partial charge in [0, 0.05) is 0 Å². The van der Waals surface area contributed by atoms with Crippen molar-refractivity contribution in [1.29, 1.82) is 0 Å². The summed E-state index contributed by atoms with van der Waals surface area (Å²) >= 11 is 0. The van der Waals surface area contributed by atoms with Gasteiger partial charge in [0.05, 0.1) is 0 Å². The molecule has 0 radical (unpaired) electrons. The van der Waals surface area contributed by atoms with E-state index in [1.54, 1.807) is 12.1 Å². The van der Waals surface area contributed by atoms with Crippen LogP contribution < -0.4 is 4.74 Å². The van der Waals surface area contributed by atoms with E-state index in [1.165, 1.54) is 12.0 Å². The Labute approximate surface area is 159 Å². The topological polar surface area (TPSA) is 9.23 Å². The van der Waals surface area contributed by atoms with Gasteiger partial charge in [-0.05, 0) is 58.5 Å². The third kappa shape index (κ3) is 4.80. The van der Waals surface area contributed by atoms with Crippen LogP contribution in [0.4, 0.5) is 22.0 Å². The Morgan fingerprint density at radius 1 is 0.786 bits per heavy atom. The molecule has 0 aliphatic rings. The van der Waals surface area contributed by atoms with Crippen LogP contribution in [0, 0.1) is 11.6 Å². The fourth-order valence-corrected chi connectivity index (χ4v) is 3.15. The molecule has 3 rings (SSSR count). The maximum Gasteiger partial charge on any atom is 0.573 e.